The van der Waals surface area contributed by atoms with Gasteiger partial charge in [-0.3, -0.25) is 4.98 Å². The highest BCUT2D eigenvalue weighted by atomic mass is 79.9. The van der Waals surface area contributed by atoms with Crippen LogP contribution >= 0.6 is 15.9 Å². The number of fused-ring (bicyclic) bond motifs is 1. The Bertz CT molecular complexity index is 665. The van der Waals surface area contributed by atoms with Crippen LogP contribution in [0.25, 0.3) is 10.9 Å². The number of halogens is 1. The molecule has 0 amide bonds. The molecule has 110 valence electrons. The lowest BCUT2D eigenvalue weighted by molar-refractivity contribution is 0.428. The molecule has 4 rings (SSSR count). The van der Waals surface area contributed by atoms with E-state index in [0.717, 1.165) is 51.0 Å². The van der Waals surface area contributed by atoms with Crippen LogP contribution in [-0.4, -0.2) is 11.5 Å². The predicted octanol–water partition coefficient (Wildman–Crippen LogP) is 4.43. The molecule has 2 fully saturated rings. The van der Waals surface area contributed by atoms with Gasteiger partial charge in [-0.15, -0.1) is 0 Å². The molecule has 1 heterocycles. The van der Waals surface area contributed by atoms with Gasteiger partial charge in [-0.2, -0.15) is 0 Å². The average molecular weight is 346 g/mol. The highest BCUT2D eigenvalue weighted by Crippen LogP contribution is 2.49. The van der Waals surface area contributed by atoms with Gasteiger partial charge >= 0.3 is 0 Å². The molecule has 0 spiro atoms. The van der Waals surface area contributed by atoms with Gasteiger partial charge in [-0.25, -0.2) is 0 Å². The monoisotopic (exact) mass is 345 g/mol. The van der Waals surface area contributed by atoms with E-state index in [1.54, 1.807) is 0 Å². The standard InChI is InChI=1S/C17H20BrN3/c18-12-7-13-15(19)5-6-16(17(13)21-8-12)20-9-14(10-1-2-10)11-3-4-11/h5-8,10-11,14,20H,1-4,9,19H2. The Morgan fingerprint density at radius 3 is 2.62 bits per heavy atom. The SMILES string of the molecule is Nc1ccc(NCC(C2CC2)C2CC2)c2ncc(Br)cc12. The summed E-state index contributed by atoms with van der Waals surface area (Å²) in [5, 5.41) is 4.66. The van der Waals surface area contributed by atoms with Crippen molar-refractivity contribution >= 4 is 38.2 Å². The van der Waals surface area contributed by atoms with Crippen molar-refractivity contribution in [3.8, 4) is 0 Å². The van der Waals surface area contributed by atoms with Crippen LogP contribution in [0.1, 0.15) is 25.7 Å². The van der Waals surface area contributed by atoms with Crippen molar-refractivity contribution in [2.24, 2.45) is 17.8 Å². The Morgan fingerprint density at radius 2 is 1.95 bits per heavy atom. The lowest BCUT2D eigenvalue weighted by Gasteiger charge is -2.18. The fourth-order valence-corrected chi connectivity index (χ4v) is 3.68. The molecule has 0 saturated heterocycles. The Morgan fingerprint density at radius 1 is 1.24 bits per heavy atom. The third-order valence-corrected chi connectivity index (χ3v) is 5.27. The highest BCUT2D eigenvalue weighted by molar-refractivity contribution is 9.10. The fourth-order valence-electron chi connectivity index (χ4n) is 3.35. The quantitative estimate of drug-likeness (QED) is 0.788. The second-order valence-electron chi connectivity index (χ2n) is 6.47. The molecular weight excluding hydrogens is 326 g/mol. The van der Waals surface area contributed by atoms with Crippen LogP contribution in [0.5, 0.6) is 0 Å². The summed E-state index contributed by atoms with van der Waals surface area (Å²) in [6.07, 6.45) is 7.55. The molecule has 3 nitrogen and oxygen atoms in total. The first kappa shape index (κ1) is 13.4. The molecule has 4 heteroatoms. The van der Waals surface area contributed by atoms with E-state index in [1.807, 2.05) is 18.3 Å². The first-order chi connectivity index (χ1) is 10.2. The number of nitrogen functional groups attached to an aromatic ring is 1. The van der Waals surface area contributed by atoms with E-state index in [9.17, 15) is 0 Å². The van der Waals surface area contributed by atoms with Gasteiger partial charge in [0.05, 0.1) is 11.2 Å². The molecule has 1 aromatic heterocycles. The van der Waals surface area contributed by atoms with Gasteiger partial charge in [0, 0.05) is 28.3 Å². The summed E-state index contributed by atoms with van der Waals surface area (Å²) in [6, 6.07) is 6.08. The molecule has 2 aliphatic carbocycles. The zero-order valence-electron chi connectivity index (χ0n) is 12.0. The minimum absolute atomic E-state index is 0.783. The second kappa shape index (κ2) is 5.16. The zero-order valence-corrected chi connectivity index (χ0v) is 13.6. The zero-order chi connectivity index (χ0) is 14.4. The molecule has 2 aromatic rings. The largest absolute Gasteiger partial charge is 0.398 e. The van der Waals surface area contributed by atoms with Gasteiger partial charge in [-0.1, -0.05) is 0 Å². The number of benzene rings is 1. The Kier molecular flexibility index (Phi) is 3.29. The highest BCUT2D eigenvalue weighted by Gasteiger charge is 2.41. The fraction of sp³-hybridized carbons (Fsp3) is 0.471. The molecule has 2 aliphatic rings. The number of hydrogen-bond donors (Lipinski definition) is 2. The van der Waals surface area contributed by atoms with Gasteiger partial charge in [0.2, 0.25) is 0 Å². The van der Waals surface area contributed by atoms with Crippen molar-refractivity contribution < 1.29 is 0 Å². The van der Waals surface area contributed by atoms with Crippen molar-refractivity contribution in [1.82, 2.24) is 4.98 Å². The Labute approximate surface area is 133 Å². The molecule has 0 aliphatic heterocycles. The molecule has 0 unspecified atom stereocenters. The number of anilines is 2. The smallest absolute Gasteiger partial charge is 0.0954 e. The van der Waals surface area contributed by atoms with Gasteiger partial charge in [0.15, 0.2) is 0 Å². The van der Waals surface area contributed by atoms with Crippen LogP contribution in [0, 0.1) is 17.8 Å². The van der Waals surface area contributed by atoms with Crippen molar-refractivity contribution in [3.05, 3.63) is 28.9 Å². The van der Waals surface area contributed by atoms with Crippen LogP contribution < -0.4 is 11.1 Å². The summed E-state index contributed by atoms with van der Waals surface area (Å²) < 4.78 is 0.965. The third-order valence-electron chi connectivity index (χ3n) is 4.83. The number of aromatic nitrogens is 1. The molecule has 0 bridgehead atoms. The van der Waals surface area contributed by atoms with Crippen LogP contribution in [0.2, 0.25) is 0 Å². The van der Waals surface area contributed by atoms with Crippen LogP contribution in [0.15, 0.2) is 28.9 Å². The summed E-state index contributed by atoms with van der Waals surface area (Å²) in [5.74, 6) is 2.78. The minimum Gasteiger partial charge on any atom is -0.398 e. The number of nitrogens with one attached hydrogen (secondary N) is 1. The maximum atomic E-state index is 6.08. The number of nitrogens with two attached hydrogens (primary N) is 1. The summed E-state index contributed by atoms with van der Waals surface area (Å²) >= 11 is 3.47. The van der Waals surface area contributed by atoms with E-state index < -0.39 is 0 Å². The number of hydrogen-bond acceptors (Lipinski definition) is 3. The van der Waals surface area contributed by atoms with Crippen molar-refractivity contribution in [3.63, 3.8) is 0 Å². The van der Waals surface area contributed by atoms with Crippen LogP contribution in [-0.2, 0) is 0 Å². The number of pyridine rings is 1. The van der Waals surface area contributed by atoms with E-state index in [-0.39, 0.29) is 0 Å². The van der Waals surface area contributed by atoms with Gasteiger partial charge < -0.3 is 11.1 Å². The first-order valence-electron chi connectivity index (χ1n) is 7.80. The van der Waals surface area contributed by atoms with Crippen molar-refractivity contribution in [1.29, 1.82) is 0 Å². The first-order valence-corrected chi connectivity index (χ1v) is 8.59. The molecule has 1 aromatic carbocycles. The molecule has 21 heavy (non-hydrogen) atoms. The van der Waals surface area contributed by atoms with E-state index >= 15 is 0 Å². The van der Waals surface area contributed by atoms with Gasteiger partial charge in [-0.05, 0) is 77.6 Å². The van der Waals surface area contributed by atoms with Crippen LogP contribution in [0.3, 0.4) is 0 Å². The van der Waals surface area contributed by atoms with E-state index in [4.69, 9.17) is 5.73 Å². The maximum absolute atomic E-state index is 6.08. The normalized spacial score (nSPS) is 18.4. The molecule has 0 atom stereocenters. The molecule has 2 saturated carbocycles. The summed E-state index contributed by atoms with van der Waals surface area (Å²) in [6.45, 7) is 1.08. The van der Waals surface area contributed by atoms with Gasteiger partial charge in [0.25, 0.3) is 0 Å². The Balaban J connectivity index is 1.59. The number of rotatable bonds is 5. The predicted molar refractivity (Wildman–Crippen MR) is 91.3 cm³/mol. The minimum atomic E-state index is 0.783. The van der Waals surface area contributed by atoms with E-state index in [2.05, 4.69) is 32.3 Å². The summed E-state index contributed by atoms with van der Waals surface area (Å²) in [7, 11) is 0. The Hall–Kier alpha value is -1.29. The third kappa shape index (κ3) is 2.73. The van der Waals surface area contributed by atoms with E-state index in [1.165, 1.54) is 25.7 Å². The van der Waals surface area contributed by atoms with Crippen molar-refractivity contribution in [2.45, 2.75) is 25.7 Å². The van der Waals surface area contributed by atoms with Gasteiger partial charge in [0.1, 0.15) is 0 Å². The number of nitrogens with zero attached hydrogens (tertiary/aromatic N) is 1. The average Bonchev–Trinajstić information content (AvgIpc) is 3.36. The second-order valence-corrected chi connectivity index (χ2v) is 7.39. The maximum Gasteiger partial charge on any atom is 0.0954 e. The van der Waals surface area contributed by atoms with Crippen LogP contribution in [0.4, 0.5) is 11.4 Å². The van der Waals surface area contributed by atoms with Crippen molar-refractivity contribution in [2.75, 3.05) is 17.6 Å². The lowest BCUT2D eigenvalue weighted by Crippen LogP contribution is -2.18. The lowest BCUT2D eigenvalue weighted by atomic mass is 9.98. The topological polar surface area (TPSA) is 50.9 Å². The summed E-state index contributed by atoms with van der Waals surface area (Å²) in [4.78, 5) is 4.55. The molecule has 3 N–H and O–H groups in total. The molecule has 0 radical (unpaired) electrons. The molecular formula is C17H20BrN3. The summed E-state index contributed by atoms with van der Waals surface area (Å²) in [5.41, 5.74) is 8.95. The van der Waals surface area contributed by atoms with E-state index in [0.29, 0.717) is 0 Å².